The van der Waals surface area contributed by atoms with Gasteiger partial charge in [-0.15, -0.1) is 0 Å². The predicted octanol–water partition coefficient (Wildman–Crippen LogP) is 1.66. The van der Waals surface area contributed by atoms with Crippen LogP contribution in [0, 0.1) is 0 Å². The van der Waals surface area contributed by atoms with Gasteiger partial charge in [-0.3, -0.25) is 4.79 Å². The fourth-order valence-corrected chi connectivity index (χ4v) is 1.95. The minimum Gasteiger partial charge on any atom is -0.369 e. The predicted molar refractivity (Wildman–Crippen MR) is 66.8 cm³/mol. The minimum atomic E-state index is -0.335. The number of fused-ring (bicyclic) bond motifs is 1. The molecule has 2 N–H and O–H groups in total. The van der Waals surface area contributed by atoms with Gasteiger partial charge in [0.25, 0.3) is 0 Å². The molecule has 0 fully saturated rings. The van der Waals surface area contributed by atoms with Gasteiger partial charge in [-0.2, -0.15) is 0 Å². The van der Waals surface area contributed by atoms with Gasteiger partial charge in [-0.05, 0) is 6.07 Å². The molecule has 2 aromatic rings. The summed E-state index contributed by atoms with van der Waals surface area (Å²) in [5, 5.41) is 0. The number of hydrogen-bond acceptors (Lipinski definition) is 2. The molecule has 2 rings (SSSR count). The van der Waals surface area contributed by atoms with Crippen molar-refractivity contribution in [1.82, 2.24) is 9.38 Å². The average Bonchev–Trinajstić information content (AvgIpc) is 2.60. The van der Waals surface area contributed by atoms with E-state index in [1.165, 1.54) is 0 Å². The number of amides is 1. The van der Waals surface area contributed by atoms with Gasteiger partial charge in [0.15, 0.2) is 0 Å². The molecule has 2 aromatic heterocycles. The maximum Gasteiger partial charge on any atom is 0.221 e. The standard InChI is InChI=1S/C13H17N3O/c1-13(2,3)10-8-15-12-9(7-11(14)17)5-4-6-16(10)12/h4-6,8H,7H2,1-3H3,(H2,14,17). The van der Waals surface area contributed by atoms with Crippen LogP contribution in [-0.2, 0) is 16.6 Å². The van der Waals surface area contributed by atoms with Gasteiger partial charge < -0.3 is 10.1 Å². The summed E-state index contributed by atoms with van der Waals surface area (Å²) >= 11 is 0. The molecule has 1 amide bonds. The SMILES string of the molecule is CC(C)(C)c1cnc2c(CC(N)=O)cccn12. The van der Waals surface area contributed by atoms with E-state index >= 15 is 0 Å². The molecule has 0 aliphatic rings. The number of nitrogens with two attached hydrogens (primary N) is 1. The molecule has 4 nitrogen and oxygen atoms in total. The minimum absolute atomic E-state index is 0.0186. The van der Waals surface area contributed by atoms with Crippen molar-refractivity contribution in [2.75, 3.05) is 0 Å². The lowest BCUT2D eigenvalue weighted by atomic mass is 9.93. The monoisotopic (exact) mass is 231 g/mol. The Morgan fingerprint density at radius 1 is 1.47 bits per heavy atom. The third kappa shape index (κ3) is 2.16. The van der Waals surface area contributed by atoms with Crippen molar-refractivity contribution in [2.24, 2.45) is 5.73 Å². The number of hydrogen-bond donors (Lipinski definition) is 1. The second-order valence-electron chi connectivity index (χ2n) is 5.26. The van der Waals surface area contributed by atoms with Crippen molar-refractivity contribution in [3.63, 3.8) is 0 Å². The Balaban J connectivity index is 2.61. The van der Waals surface area contributed by atoms with Gasteiger partial charge in [0, 0.05) is 29.1 Å². The van der Waals surface area contributed by atoms with E-state index < -0.39 is 0 Å². The highest BCUT2D eigenvalue weighted by molar-refractivity contribution is 5.78. The molecule has 0 aliphatic heterocycles. The van der Waals surface area contributed by atoms with E-state index in [0.717, 1.165) is 16.9 Å². The summed E-state index contributed by atoms with van der Waals surface area (Å²) in [6.07, 6.45) is 4.05. The van der Waals surface area contributed by atoms with Crippen molar-refractivity contribution in [2.45, 2.75) is 32.6 Å². The molecule has 0 aliphatic carbocycles. The molecule has 17 heavy (non-hydrogen) atoms. The number of aromatic nitrogens is 2. The van der Waals surface area contributed by atoms with Crippen molar-refractivity contribution in [3.8, 4) is 0 Å². The zero-order valence-corrected chi connectivity index (χ0v) is 10.4. The highest BCUT2D eigenvalue weighted by Crippen LogP contribution is 2.24. The first kappa shape index (κ1) is 11.6. The highest BCUT2D eigenvalue weighted by Gasteiger charge is 2.19. The van der Waals surface area contributed by atoms with Gasteiger partial charge in [0.2, 0.25) is 5.91 Å². The van der Waals surface area contributed by atoms with Crippen LogP contribution in [0.1, 0.15) is 32.0 Å². The lowest BCUT2D eigenvalue weighted by Gasteiger charge is -2.17. The summed E-state index contributed by atoms with van der Waals surface area (Å²) in [7, 11) is 0. The molecule has 0 atom stereocenters. The zero-order chi connectivity index (χ0) is 12.6. The second-order valence-corrected chi connectivity index (χ2v) is 5.26. The molecule has 0 spiro atoms. The third-order valence-corrected chi connectivity index (χ3v) is 2.75. The van der Waals surface area contributed by atoms with Crippen molar-refractivity contribution in [3.05, 3.63) is 35.8 Å². The van der Waals surface area contributed by atoms with Gasteiger partial charge in [0.1, 0.15) is 5.65 Å². The molecule has 0 unspecified atom stereocenters. The number of carbonyl (C=O) groups excluding carboxylic acids is 1. The quantitative estimate of drug-likeness (QED) is 0.854. The summed E-state index contributed by atoms with van der Waals surface area (Å²) in [5.74, 6) is -0.335. The third-order valence-electron chi connectivity index (χ3n) is 2.75. The molecule has 0 saturated carbocycles. The number of primary amides is 1. The first-order valence-corrected chi connectivity index (χ1v) is 5.63. The summed E-state index contributed by atoms with van der Waals surface area (Å²) < 4.78 is 2.03. The molecule has 4 heteroatoms. The maximum absolute atomic E-state index is 11.0. The average molecular weight is 231 g/mol. The summed E-state index contributed by atoms with van der Waals surface area (Å²) in [5.41, 5.74) is 8.06. The summed E-state index contributed by atoms with van der Waals surface area (Å²) in [4.78, 5) is 15.4. The van der Waals surface area contributed by atoms with Crippen LogP contribution in [0.5, 0.6) is 0 Å². The van der Waals surface area contributed by atoms with E-state index in [9.17, 15) is 4.79 Å². The molecule has 2 heterocycles. The molecule has 0 aromatic carbocycles. The Kier molecular flexibility index (Phi) is 2.65. The largest absolute Gasteiger partial charge is 0.369 e. The van der Waals surface area contributed by atoms with Gasteiger partial charge in [0.05, 0.1) is 6.42 Å². The fourth-order valence-electron chi connectivity index (χ4n) is 1.95. The number of nitrogens with zero attached hydrogens (tertiary/aromatic N) is 2. The molecule has 0 radical (unpaired) electrons. The number of carbonyl (C=O) groups is 1. The number of rotatable bonds is 2. The molecule has 0 bridgehead atoms. The van der Waals surface area contributed by atoms with E-state index in [4.69, 9.17) is 5.73 Å². The maximum atomic E-state index is 11.0. The van der Waals surface area contributed by atoms with Crippen molar-refractivity contribution >= 4 is 11.6 Å². The Labute approximate surface area is 100 Å². The number of imidazole rings is 1. The first-order chi connectivity index (χ1) is 7.89. The van der Waals surface area contributed by atoms with Crippen molar-refractivity contribution < 1.29 is 4.79 Å². The van der Waals surface area contributed by atoms with Crippen LogP contribution in [0.15, 0.2) is 24.5 Å². The molecular formula is C13H17N3O. The van der Waals surface area contributed by atoms with Crippen LogP contribution in [-0.4, -0.2) is 15.3 Å². The Bertz CT molecular complexity index is 564. The van der Waals surface area contributed by atoms with E-state index in [1.54, 1.807) is 0 Å². The summed E-state index contributed by atoms with van der Waals surface area (Å²) in [6.45, 7) is 6.41. The van der Waals surface area contributed by atoms with Gasteiger partial charge in [-0.25, -0.2) is 4.98 Å². The van der Waals surface area contributed by atoms with Crippen LogP contribution in [0.4, 0.5) is 0 Å². The van der Waals surface area contributed by atoms with Crippen LogP contribution in [0.25, 0.3) is 5.65 Å². The van der Waals surface area contributed by atoms with Crippen LogP contribution in [0.3, 0.4) is 0 Å². The van der Waals surface area contributed by atoms with E-state index in [-0.39, 0.29) is 17.7 Å². The van der Waals surface area contributed by atoms with Crippen LogP contribution in [0.2, 0.25) is 0 Å². The molecule has 90 valence electrons. The summed E-state index contributed by atoms with van der Waals surface area (Å²) in [6, 6.07) is 3.81. The second kappa shape index (κ2) is 3.87. The van der Waals surface area contributed by atoms with Crippen LogP contribution < -0.4 is 5.73 Å². The van der Waals surface area contributed by atoms with E-state index in [2.05, 4.69) is 25.8 Å². The zero-order valence-electron chi connectivity index (χ0n) is 10.4. The topological polar surface area (TPSA) is 60.4 Å². The normalized spacial score (nSPS) is 11.9. The van der Waals surface area contributed by atoms with E-state index in [0.29, 0.717) is 0 Å². The van der Waals surface area contributed by atoms with Crippen molar-refractivity contribution in [1.29, 1.82) is 0 Å². The van der Waals surface area contributed by atoms with Gasteiger partial charge >= 0.3 is 0 Å². The molecular weight excluding hydrogens is 214 g/mol. The highest BCUT2D eigenvalue weighted by atomic mass is 16.1. The first-order valence-electron chi connectivity index (χ1n) is 5.63. The smallest absolute Gasteiger partial charge is 0.221 e. The lowest BCUT2D eigenvalue weighted by molar-refractivity contribution is -0.117. The van der Waals surface area contributed by atoms with E-state index in [1.807, 2.05) is 28.9 Å². The van der Waals surface area contributed by atoms with Gasteiger partial charge in [-0.1, -0.05) is 26.8 Å². The number of pyridine rings is 1. The Morgan fingerprint density at radius 2 is 2.18 bits per heavy atom. The fraction of sp³-hybridized carbons (Fsp3) is 0.385. The Hall–Kier alpha value is -1.84. The van der Waals surface area contributed by atoms with Crippen LogP contribution >= 0.6 is 0 Å². The lowest BCUT2D eigenvalue weighted by Crippen LogP contribution is -2.16. The Morgan fingerprint density at radius 3 is 2.76 bits per heavy atom. The molecule has 0 saturated heterocycles.